The minimum atomic E-state index is 0.199. The molecule has 0 saturated heterocycles. The molecule has 0 amide bonds. The molecule has 0 saturated carbocycles. The third-order valence-corrected chi connectivity index (χ3v) is 3.56. The van der Waals surface area contributed by atoms with Crippen molar-refractivity contribution in [1.29, 1.82) is 0 Å². The first-order chi connectivity index (χ1) is 11.1. The number of hydrogen-bond acceptors (Lipinski definition) is 3. The molecule has 2 aromatic carbocycles. The van der Waals surface area contributed by atoms with Gasteiger partial charge in [-0.2, -0.15) is 0 Å². The SMILES string of the molecule is CCC(C)Oc1ccc(CNc2ccc(OC(C)C)cc2)cc1. The first-order valence-electron chi connectivity index (χ1n) is 8.33. The van der Waals surface area contributed by atoms with Crippen molar-refractivity contribution < 1.29 is 9.47 Å². The van der Waals surface area contributed by atoms with Crippen molar-refractivity contribution >= 4 is 5.69 Å². The van der Waals surface area contributed by atoms with Gasteiger partial charge in [-0.05, 0) is 69.2 Å². The van der Waals surface area contributed by atoms with E-state index in [0.29, 0.717) is 0 Å². The molecule has 0 bridgehead atoms. The molecule has 0 aliphatic rings. The van der Waals surface area contributed by atoms with Crippen molar-refractivity contribution in [3.8, 4) is 11.5 Å². The van der Waals surface area contributed by atoms with Crippen molar-refractivity contribution in [1.82, 2.24) is 0 Å². The van der Waals surface area contributed by atoms with E-state index in [4.69, 9.17) is 9.47 Å². The molecule has 1 unspecified atom stereocenters. The maximum Gasteiger partial charge on any atom is 0.119 e. The zero-order chi connectivity index (χ0) is 16.7. The molecule has 0 fully saturated rings. The Bertz CT molecular complexity index is 576. The lowest BCUT2D eigenvalue weighted by molar-refractivity contribution is 0.217. The monoisotopic (exact) mass is 313 g/mol. The van der Waals surface area contributed by atoms with E-state index in [1.165, 1.54) is 5.56 Å². The Labute approximate surface area is 139 Å². The highest BCUT2D eigenvalue weighted by Crippen LogP contribution is 2.19. The van der Waals surface area contributed by atoms with Gasteiger partial charge in [-0.1, -0.05) is 19.1 Å². The summed E-state index contributed by atoms with van der Waals surface area (Å²) >= 11 is 0. The van der Waals surface area contributed by atoms with Crippen LogP contribution in [0.1, 0.15) is 39.7 Å². The quantitative estimate of drug-likeness (QED) is 0.720. The van der Waals surface area contributed by atoms with Crippen molar-refractivity contribution in [2.45, 2.75) is 52.9 Å². The summed E-state index contributed by atoms with van der Waals surface area (Å²) in [5.74, 6) is 1.83. The lowest BCUT2D eigenvalue weighted by Gasteiger charge is -2.13. The van der Waals surface area contributed by atoms with E-state index in [2.05, 4.69) is 31.3 Å². The molecule has 23 heavy (non-hydrogen) atoms. The summed E-state index contributed by atoms with van der Waals surface area (Å²) in [5.41, 5.74) is 2.31. The molecule has 124 valence electrons. The van der Waals surface area contributed by atoms with E-state index in [1.54, 1.807) is 0 Å². The van der Waals surface area contributed by atoms with Crippen LogP contribution < -0.4 is 14.8 Å². The summed E-state index contributed by atoms with van der Waals surface area (Å²) in [7, 11) is 0. The maximum atomic E-state index is 5.79. The van der Waals surface area contributed by atoms with E-state index in [0.717, 1.165) is 30.2 Å². The van der Waals surface area contributed by atoms with Crippen molar-refractivity contribution in [2.75, 3.05) is 5.32 Å². The average molecular weight is 313 g/mol. The maximum absolute atomic E-state index is 5.79. The second-order valence-corrected chi connectivity index (χ2v) is 6.03. The van der Waals surface area contributed by atoms with E-state index >= 15 is 0 Å². The molecule has 3 heteroatoms. The molecule has 1 atom stereocenters. The zero-order valence-corrected chi connectivity index (χ0v) is 14.5. The average Bonchev–Trinajstić information content (AvgIpc) is 2.55. The van der Waals surface area contributed by atoms with Gasteiger partial charge in [-0.15, -0.1) is 0 Å². The van der Waals surface area contributed by atoms with Crippen LogP contribution in [0.5, 0.6) is 11.5 Å². The summed E-state index contributed by atoms with van der Waals surface area (Å²) in [5, 5.41) is 3.42. The third kappa shape index (κ3) is 5.85. The normalized spacial score (nSPS) is 12.0. The van der Waals surface area contributed by atoms with Crippen LogP contribution in [0.2, 0.25) is 0 Å². The van der Waals surface area contributed by atoms with Crippen LogP contribution in [-0.4, -0.2) is 12.2 Å². The van der Waals surface area contributed by atoms with Crippen LogP contribution in [-0.2, 0) is 6.54 Å². The van der Waals surface area contributed by atoms with Gasteiger partial charge in [0.15, 0.2) is 0 Å². The van der Waals surface area contributed by atoms with Gasteiger partial charge >= 0.3 is 0 Å². The lowest BCUT2D eigenvalue weighted by atomic mass is 10.2. The molecule has 3 nitrogen and oxygen atoms in total. The minimum Gasteiger partial charge on any atom is -0.491 e. The van der Waals surface area contributed by atoms with Gasteiger partial charge in [0, 0.05) is 12.2 Å². The predicted octanol–water partition coefficient (Wildman–Crippen LogP) is 5.26. The lowest BCUT2D eigenvalue weighted by Crippen LogP contribution is -2.09. The van der Waals surface area contributed by atoms with Gasteiger partial charge in [0.25, 0.3) is 0 Å². The number of hydrogen-bond donors (Lipinski definition) is 1. The first-order valence-corrected chi connectivity index (χ1v) is 8.33. The summed E-state index contributed by atoms with van der Waals surface area (Å²) in [6, 6.07) is 16.3. The smallest absolute Gasteiger partial charge is 0.119 e. The highest BCUT2D eigenvalue weighted by Gasteiger charge is 2.02. The number of anilines is 1. The third-order valence-electron chi connectivity index (χ3n) is 3.56. The molecule has 0 aromatic heterocycles. The fourth-order valence-corrected chi connectivity index (χ4v) is 2.13. The number of benzene rings is 2. The predicted molar refractivity (Wildman–Crippen MR) is 96.4 cm³/mol. The second kappa shape index (κ2) is 8.47. The highest BCUT2D eigenvalue weighted by molar-refractivity contribution is 5.47. The number of rotatable bonds is 8. The molecular formula is C20H27NO2. The van der Waals surface area contributed by atoms with Gasteiger partial charge in [0.1, 0.15) is 11.5 Å². The van der Waals surface area contributed by atoms with E-state index < -0.39 is 0 Å². The van der Waals surface area contributed by atoms with Crippen LogP contribution >= 0.6 is 0 Å². The van der Waals surface area contributed by atoms with Crippen LogP contribution in [0.25, 0.3) is 0 Å². The van der Waals surface area contributed by atoms with Crippen molar-refractivity contribution in [3.05, 3.63) is 54.1 Å². The fourth-order valence-electron chi connectivity index (χ4n) is 2.13. The Morgan fingerprint density at radius 3 is 1.96 bits per heavy atom. The minimum absolute atomic E-state index is 0.199. The molecule has 0 radical (unpaired) electrons. The van der Waals surface area contributed by atoms with Crippen LogP contribution in [0, 0.1) is 0 Å². The molecule has 0 aliphatic carbocycles. The van der Waals surface area contributed by atoms with Crippen molar-refractivity contribution in [2.24, 2.45) is 0 Å². The molecule has 0 spiro atoms. The van der Waals surface area contributed by atoms with Gasteiger partial charge in [0.05, 0.1) is 12.2 Å². The Balaban J connectivity index is 1.85. The largest absolute Gasteiger partial charge is 0.491 e. The Morgan fingerprint density at radius 2 is 1.39 bits per heavy atom. The summed E-state index contributed by atoms with van der Waals surface area (Å²) < 4.78 is 11.4. The molecule has 1 N–H and O–H groups in total. The summed E-state index contributed by atoms with van der Waals surface area (Å²) in [6.45, 7) is 9.05. The molecule has 0 aliphatic heterocycles. The fraction of sp³-hybridized carbons (Fsp3) is 0.400. The molecule has 2 aromatic rings. The highest BCUT2D eigenvalue weighted by atomic mass is 16.5. The van der Waals surface area contributed by atoms with Gasteiger partial charge in [0.2, 0.25) is 0 Å². The molecule has 2 rings (SSSR count). The van der Waals surface area contributed by atoms with Crippen LogP contribution in [0.4, 0.5) is 5.69 Å². The van der Waals surface area contributed by atoms with Crippen LogP contribution in [0.3, 0.4) is 0 Å². The number of ether oxygens (including phenoxy) is 2. The Kier molecular flexibility index (Phi) is 6.33. The molecular weight excluding hydrogens is 286 g/mol. The molecule has 0 heterocycles. The number of nitrogens with one attached hydrogen (secondary N) is 1. The van der Waals surface area contributed by atoms with Gasteiger partial charge in [-0.25, -0.2) is 0 Å². The Hall–Kier alpha value is -2.16. The Morgan fingerprint density at radius 1 is 0.826 bits per heavy atom. The van der Waals surface area contributed by atoms with Crippen molar-refractivity contribution in [3.63, 3.8) is 0 Å². The van der Waals surface area contributed by atoms with Gasteiger partial charge < -0.3 is 14.8 Å². The van der Waals surface area contributed by atoms with E-state index in [1.807, 2.05) is 50.2 Å². The first kappa shape index (κ1) is 17.2. The van der Waals surface area contributed by atoms with E-state index in [9.17, 15) is 0 Å². The second-order valence-electron chi connectivity index (χ2n) is 6.03. The van der Waals surface area contributed by atoms with Crippen LogP contribution in [0.15, 0.2) is 48.5 Å². The van der Waals surface area contributed by atoms with E-state index in [-0.39, 0.29) is 12.2 Å². The summed E-state index contributed by atoms with van der Waals surface area (Å²) in [6.07, 6.45) is 1.47. The summed E-state index contributed by atoms with van der Waals surface area (Å²) in [4.78, 5) is 0. The van der Waals surface area contributed by atoms with Gasteiger partial charge in [-0.3, -0.25) is 0 Å². The topological polar surface area (TPSA) is 30.5 Å². The standard InChI is InChI=1S/C20H27NO2/c1-5-16(4)23-20-10-6-17(7-11-20)14-21-18-8-12-19(13-9-18)22-15(2)3/h6-13,15-16,21H,5,14H2,1-4H3. The zero-order valence-electron chi connectivity index (χ0n) is 14.5.